The highest BCUT2D eigenvalue weighted by molar-refractivity contribution is 7.47. The summed E-state index contributed by atoms with van der Waals surface area (Å²) in [5.74, 6) is -0.813. The minimum atomic E-state index is -4.40. The molecule has 0 aliphatic heterocycles. The Morgan fingerprint density at radius 2 is 0.534 bits per heavy atom. The van der Waals surface area contributed by atoms with Crippen molar-refractivity contribution in [3.05, 3.63) is 109 Å². The van der Waals surface area contributed by atoms with Gasteiger partial charge in [0, 0.05) is 19.4 Å². The van der Waals surface area contributed by atoms with E-state index in [1.54, 1.807) is 0 Å². The summed E-state index contributed by atoms with van der Waals surface area (Å²) in [6.45, 7) is 3.69. The summed E-state index contributed by atoms with van der Waals surface area (Å²) in [5.41, 5.74) is 5.42. The van der Waals surface area contributed by atoms with Crippen molar-refractivity contribution in [2.45, 2.75) is 444 Å². The second-order valence-corrected chi connectivity index (χ2v) is 31.2. The van der Waals surface area contributed by atoms with Crippen LogP contribution >= 0.6 is 7.82 Å². The molecule has 9 nitrogen and oxygen atoms in total. The maximum Gasteiger partial charge on any atom is 0.472 e. The molecule has 0 amide bonds. The van der Waals surface area contributed by atoms with Gasteiger partial charge in [-0.1, -0.05) is 451 Å². The van der Waals surface area contributed by atoms with Gasteiger partial charge in [0.25, 0.3) is 0 Å². The fraction of sp³-hybridized carbons (Fsp3) is 0.785. The molecule has 0 saturated carbocycles. The highest BCUT2D eigenvalue weighted by atomic mass is 31.2. The number of carbonyl (C=O) groups excluding carboxylic acids is 2. The number of carbonyl (C=O) groups is 2. The number of hydrogen-bond acceptors (Lipinski definition) is 8. The van der Waals surface area contributed by atoms with Gasteiger partial charge in [-0.25, -0.2) is 4.57 Å². The first-order valence-corrected chi connectivity index (χ1v) is 45.9. The van der Waals surface area contributed by atoms with Crippen LogP contribution in [0.5, 0.6) is 0 Å². The van der Waals surface area contributed by atoms with Crippen molar-refractivity contribution >= 4 is 19.8 Å². The molecule has 0 aliphatic rings. The summed E-state index contributed by atoms with van der Waals surface area (Å²) in [5, 5.41) is 0. The molecule has 10 heteroatoms. The van der Waals surface area contributed by atoms with Crippen LogP contribution < -0.4 is 5.73 Å². The van der Waals surface area contributed by atoms with Crippen LogP contribution in [-0.4, -0.2) is 49.3 Å². The molecule has 0 spiro atoms. The van der Waals surface area contributed by atoms with E-state index in [9.17, 15) is 19.0 Å². The topological polar surface area (TPSA) is 134 Å². The monoisotopic (exact) mass is 1460 g/mol. The molecule has 0 radical (unpaired) electrons. The number of allylic oxidation sites excluding steroid dienone is 18. The molecule has 598 valence electrons. The van der Waals surface area contributed by atoms with Crippen LogP contribution in [0.3, 0.4) is 0 Å². The number of esters is 2. The number of ether oxygens (including phenoxy) is 2. The number of unbranched alkanes of at least 4 members (excludes halogenated alkanes) is 53. The minimum Gasteiger partial charge on any atom is -0.462 e. The number of hydrogen-bond donors (Lipinski definition) is 2. The largest absolute Gasteiger partial charge is 0.472 e. The zero-order valence-corrected chi connectivity index (χ0v) is 68.7. The predicted molar refractivity (Wildman–Crippen MR) is 450 cm³/mol. The smallest absolute Gasteiger partial charge is 0.462 e. The van der Waals surface area contributed by atoms with E-state index in [0.29, 0.717) is 6.42 Å². The molecule has 0 fully saturated rings. The molecule has 0 saturated heterocycles. The molecule has 3 N–H and O–H groups in total. The third kappa shape index (κ3) is 87.5. The maximum atomic E-state index is 12.8. The number of nitrogens with two attached hydrogens (primary N) is 1. The molecular weight excluding hydrogens is 1290 g/mol. The summed E-state index contributed by atoms with van der Waals surface area (Å²) >= 11 is 0. The van der Waals surface area contributed by atoms with Gasteiger partial charge < -0.3 is 20.1 Å². The lowest BCUT2D eigenvalue weighted by Gasteiger charge is -2.19. The second-order valence-electron chi connectivity index (χ2n) is 29.7. The van der Waals surface area contributed by atoms with Crippen molar-refractivity contribution in [1.29, 1.82) is 0 Å². The molecule has 2 atom stereocenters. The lowest BCUT2D eigenvalue weighted by molar-refractivity contribution is -0.161. The Labute approximate surface area is 639 Å². The fourth-order valence-electron chi connectivity index (χ4n) is 13.2. The van der Waals surface area contributed by atoms with Crippen LogP contribution in [0.1, 0.15) is 438 Å². The first-order valence-electron chi connectivity index (χ1n) is 44.4. The van der Waals surface area contributed by atoms with Crippen LogP contribution in [-0.2, 0) is 32.7 Å². The van der Waals surface area contributed by atoms with E-state index in [1.807, 2.05) is 0 Å². The van der Waals surface area contributed by atoms with E-state index in [2.05, 4.69) is 123 Å². The van der Waals surface area contributed by atoms with Crippen molar-refractivity contribution in [2.24, 2.45) is 5.73 Å². The van der Waals surface area contributed by atoms with Crippen molar-refractivity contribution in [3.8, 4) is 0 Å². The Morgan fingerprint density at radius 1 is 0.301 bits per heavy atom. The first kappa shape index (κ1) is 99.7. The molecule has 0 aliphatic carbocycles. The maximum absolute atomic E-state index is 12.8. The minimum absolute atomic E-state index is 0.0518. The third-order valence-electron chi connectivity index (χ3n) is 19.7. The average molecular weight is 1460 g/mol. The van der Waals surface area contributed by atoms with E-state index in [4.69, 9.17) is 24.3 Å². The first-order chi connectivity index (χ1) is 50.8. The van der Waals surface area contributed by atoms with Crippen LogP contribution in [0.4, 0.5) is 0 Å². The standard InChI is InChI=1S/C93H168NO8P/c1-3-5-7-9-11-13-15-17-19-21-23-25-27-29-31-33-35-37-39-41-43-45-47-49-51-53-55-57-59-61-63-65-67-69-71-73-75-77-79-81-83-85-92(95)99-89-91(90-101-103(97,98)100-88-87-94)102-93(96)86-84-82-80-78-76-74-72-70-68-66-64-62-60-58-56-54-52-50-48-46-44-42-40-38-36-34-32-30-28-26-24-22-20-18-16-14-12-10-8-6-4-2/h6,8,12,14,18,20,24,26,30,32,36,38,42,44,48,50,54,56,91H,3-5,7,9-11,13,15-17,19,21-23,25,27-29,31,33-35,37,39-41,43,45-47,49,51-53,55,57-90,94H2,1-2H3,(H,97,98)/b8-6-,14-12-,20-18-,26-24-,32-30-,38-36-,44-42-,50-48-,56-54-. The molecule has 0 aromatic rings. The Bertz CT molecular complexity index is 2070. The average Bonchev–Trinajstić information content (AvgIpc) is 0.970. The highest BCUT2D eigenvalue weighted by Crippen LogP contribution is 2.43. The summed E-state index contributed by atoms with van der Waals surface area (Å²) in [6, 6.07) is 0. The lowest BCUT2D eigenvalue weighted by Crippen LogP contribution is -2.29. The van der Waals surface area contributed by atoms with E-state index >= 15 is 0 Å². The molecule has 0 rings (SSSR count). The van der Waals surface area contributed by atoms with Gasteiger partial charge >= 0.3 is 19.8 Å². The van der Waals surface area contributed by atoms with Crippen molar-refractivity contribution < 1.29 is 37.6 Å². The summed E-state index contributed by atoms with van der Waals surface area (Å²) < 4.78 is 33.3. The normalized spacial score (nSPS) is 13.3. The molecule has 103 heavy (non-hydrogen) atoms. The zero-order valence-electron chi connectivity index (χ0n) is 67.8. The van der Waals surface area contributed by atoms with Crippen LogP contribution in [0.25, 0.3) is 0 Å². The quantitative estimate of drug-likeness (QED) is 0.0264. The molecule has 0 aromatic carbocycles. The van der Waals surface area contributed by atoms with Gasteiger partial charge in [-0.05, 0) is 83.5 Å². The van der Waals surface area contributed by atoms with Crippen LogP contribution in [0, 0.1) is 0 Å². The second kappa shape index (κ2) is 87.6. The number of phosphoric acid groups is 1. The van der Waals surface area contributed by atoms with E-state index in [-0.39, 0.29) is 38.6 Å². The van der Waals surface area contributed by atoms with E-state index in [0.717, 1.165) is 96.3 Å². The Kier molecular flexibility index (Phi) is 84.7. The van der Waals surface area contributed by atoms with E-state index in [1.165, 1.54) is 308 Å². The van der Waals surface area contributed by atoms with Gasteiger partial charge in [-0.3, -0.25) is 18.6 Å². The zero-order chi connectivity index (χ0) is 74.3. The summed E-state index contributed by atoms with van der Waals surface area (Å²) in [4.78, 5) is 35.5. The third-order valence-corrected chi connectivity index (χ3v) is 20.7. The van der Waals surface area contributed by atoms with Gasteiger partial charge in [0.05, 0.1) is 13.2 Å². The Hall–Kier alpha value is -3.33. The van der Waals surface area contributed by atoms with E-state index < -0.39 is 26.5 Å². The van der Waals surface area contributed by atoms with Crippen molar-refractivity contribution in [2.75, 3.05) is 26.4 Å². The molecular formula is C93H168NO8P. The van der Waals surface area contributed by atoms with Crippen molar-refractivity contribution in [1.82, 2.24) is 0 Å². The van der Waals surface area contributed by atoms with Crippen LogP contribution in [0.2, 0.25) is 0 Å². The van der Waals surface area contributed by atoms with Crippen molar-refractivity contribution in [3.63, 3.8) is 0 Å². The molecule has 0 aromatic heterocycles. The molecule has 0 heterocycles. The van der Waals surface area contributed by atoms with Gasteiger partial charge in [0.15, 0.2) is 6.10 Å². The number of phosphoric ester groups is 1. The SMILES string of the molecule is CC/C=C\C/C=C\C/C=C\C/C=C\C/C=C\C/C=C\C/C=C\C/C=C\C/C=C\CCCCCCCCCCCCCCCC(=O)OC(COC(=O)CCCCCCCCCCCCCCCCCCCCCCCCCCCCCCCCCCCCCCCCCCC)COP(=O)(O)OCCN. The lowest BCUT2D eigenvalue weighted by atomic mass is 10.0. The van der Waals surface area contributed by atoms with Gasteiger partial charge in [0.1, 0.15) is 6.61 Å². The summed E-state index contributed by atoms with van der Waals surface area (Å²) in [7, 11) is -4.40. The Balaban J connectivity index is 3.77. The van der Waals surface area contributed by atoms with Gasteiger partial charge in [-0.2, -0.15) is 0 Å². The van der Waals surface area contributed by atoms with Gasteiger partial charge in [-0.15, -0.1) is 0 Å². The molecule has 2 unspecified atom stereocenters. The molecule has 0 bridgehead atoms. The van der Waals surface area contributed by atoms with Crippen LogP contribution in [0.15, 0.2) is 109 Å². The number of rotatable bonds is 84. The summed E-state index contributed by atoms with van der Waals surface area (Å²) in [6.07, 6.45) is 123. The highest BCUT2D eigenvalue weighted by Gasteiger charge is 2.26. The Morgan fingerprint density at radius 3 is 0.796 bits per heavy atom. The van der Waals surface area contributed by atoms with Gasteiger partial charge in [0.2, 0.25) is 0 Å². The fourth-order valence-corrected chi connectivity index (χ4v) is 13.9. The predicted octanol–water partition coefficient (Wildman–Crippen LogP) is 30.3.